The van der Waals surface area contributed by atoms with E-state index in [9.17, 15) is 9.59 Å². The molecule has 0 bridgehead atoms. The smallest absolute Gasteiger partial charge is 0.333 e. The van der Waals surface area contributed by atoms with E-state index in [4.69, 9.17) is 18.9 Å². The third-order valence-electron chi connectivity index (χ3n) is 3.85. The monoisotopic (exact) mass is 410 g/mol. The van der Waals surface area contributed by atoms with Crippen LogP contribution in [0.25, 0.3) is 11.1 Å². The Labute approximate surface area is 176 Å². The van der Waals surface area contributed by atoms with Gasteiger partial charge in [-0.3, -0.25) is 0 Å². The Hall–Kier alpha value is -3.54. The van der Waals surface area contributed by atoms with E-state index in [1.54, 1.807) is 19.9 Å². The van der Waals surface area contributed by atoms with Gasteiger partial charge in [0, 0.05) is 17.2 Å². The topological polar surface area (TPSA) is 71.1 Å². The predicted molar refractivity (Wildman–Crippen MR) is 114 cm³/mol. The van der Waals surface area contributed by atoms with Gasteiger partial charge in [0.1, 0.15) is 37.9 Å². The Morgan fingerprint density at radius 2 is 1.17 bits per heavy atom. The van der Waals surface area contributed by atoms with Crippen molar-refractivity contribution in [1.82, 2.24) is 0 Å². The minimum Gasteiger partial charge on any atom is -0.490 e. The number of carbonyl (C=O) groups excluding carboxylic acids is 2. The maximum absolute atomic E-state index is 11.4. The summed E-state index contributed by atoms with van der Waals surface area (Å²) in [5, 5.41) is 0. The molecule has 0 fully saturated rings. The summed E-state index contributed by atoms with van der Waals surface area (Å²) >= 11 is 0. The summed E-state index contributed by atoms with van der Waals surface area (Å²) in [6, 6.07) is 15.3. The molecule has 2 aromatic carbocycles. The molecule has 0 atom stereocenters. The first-order valence-electron chi connectivity index (χ1n) is 9.48. The zero-order chi connectivity index (χ0) is 21.9. The van der Waals surface area contributed by atoms with Crippen molar-refractivity contribution in [2.75, 3.05) is 26.4 Å². The van der Waals surface area contributed by atoms with Crippen molar-refractivity contribution in [2.24, 2.45) is 0 Å². The number of benzene rings is 2. The lowest BCUT2D eigenvalue weighted by molar-refractivity contribution is -0.140. The molecule has 6 nitrogen and oxygen atoms in total. The van der Waals surface area contributed by atoms with Crippen LogP contribution in [0.4, 0.5) is 0 Å². The molecule has 0 aliphatic heterocycles. The molecule has 0 spiro atoms. The summed E-state index contributed by atoms with van der Waals surface area (Å²) < 4.78 is 21.5. The van der Waals surface area contributed by atoms with Gasteiger partial charge in [-0.25, -0.2) is 9.59 Å². The van der Waals surface area contributed by atoms with Crippen molar-refractivity contribution in [3.63, 3.8) is 0 Å². The van der Waals surface area contributed by atoms with Gasteiger partial charge in [-0.05, 0) is 37.1 Å². The predicted octanol–water partition coefficient (Wildman–Crippen LogP) is 4.35. The van der Waals surface area contributed by atoms with E-state index in [-0.39, 0.29) is 26.4 Å². The average molecular weight is 410 g/mol. The third-order valence-corrected chi connectivity index (χ3v) is 3.85. The highest BCUT2D eigenvalue weighted by Gasteiger charge is 2.08. The molecule has 0 aliphatic carbocycles. The van der Waals surface area contributed by atoms with Crippen LogP contribution in [0.3, 0.4) is 0 Å². The fraction of sp³-hybridized carbons (Fsp3) is 0.250. The van der Waals surface area contributed by atoms with Crippen LogP contribution < -0.4 is 9.47 Å². The van der Waals surface area contributed by atoms with E-state index >= 15 is 0 Å². The fourth-order valence-electron chi connectivity index (χ4n) is 2.37. The molecular formula is C24H26O6. The summed E-state index contributed by atoms with van der Waals surface area (Å²) in [5.41, 5.74) is 2.57. The van der Waals surface area contributed by atoms with E-state index < -0.39 is 11.9 Å². The van der Waals surface area contributed by atoms with Crippen LogP contribution >= 0.6 is 0 Å². The fourth-order valence-corrected chi connectivity index (χ4v) is 2.37. The lowest BCUT2D eigenvalue weighted by Gasteiger charge is -2.13. The molecule has 2 aromatic rings. The second kappa shape index (κ2) is 11.5. The Morgan fingerprint density at radius 3 is 1.60 bits per heavy atom. The Kier molecular flexibility index (Phi) is 8.69. The minimum absolute atomic E-state index is 0.105. The molecule has 0 amide bonds. The summed E-state index contributed by atoms with van der Waals surface area (Å²) in [5.74, 6) is 0.225. The zero-order valence-corrected chi connectivity index (χ0v) is 17.3. The molecule has 158 valence electrons. The van der Waals surface area contributed by atoms with Crippen LogP contribution in [0.5, 0.6) is 11.5 Å². The van der Waals surface area contributed by atoms with E-state index in [2.05, 4.69) is 13.2 Å². The molecule has 30 heavy (non-hydrogen) atoms. The SMILES string of the molecule is C=C(C)C(=O)OCCOc1cc(OCCOC(=O)C(=C)C)cc(-c2ccccc2)c1. The van der Waals surface area contributed by atoms with Crippen molar-refractivity contribution in [2.45, 2.75) is 13.8 Å². The van der Waals surface area contributed by atoms with Gasteiger partial charge in [-0.1, -0.05) is 43.5 Å². The highest BCUT2D eigenvalue weighted by molar-refractivity contribution is 5.87. The average Bonchev–Trinajstić information content (AvgIpc) is 2.74. The molecule has 0 aromatic heterocycles. The second-order valence-corrected chi connectivity index (χ2v) is 6.59. The highest BCUT2D eigenvalue weighted by Crippen LogP contribution is 2.30. The molecule has 0 radical (unpaired) electrons. The number of esters is 2. The Bertz CT molecular complexity index is 849. The van der Waals surface area contributed by atoms with Gasteiger partial charge in [0.2, 0.25) is 0 Å². The van der Waals surface area contributed by atoms with E-state index in [0.29, 0.717) is 22.6 Å². The van der Waals surface area contributed by atoms with Gasteiger partial charge in [0.05, 0.1) is 0 Å². The molecule has 0 unspecified atom stereocenters. The summed E-state index contributed by atoms with van der Waals surface area (Å²) in [4.78, 5) is 22.9. The normalized spacial score (nSPS) is 10.1. The van der Waals surface area contributed by atoms with Crippen molar-refractivity contribution < 1.29 is 28.5 Å². The van der Waals surface area contributed by atoms with Crippen LogP contribution in [0.2, 0.25) is 0 Å². The van der Waals surface area contributed by atoms with Crippen LogP contribution in [-0.2, 0) is 19.1 Å². The van der Waals surface area contributed by atoms with Crippen LogP contribution in [0.1, 0.15) is 13.8 Å². The Morgan fingerprint density at radius 1 is 0.700 bits per heavy atom. The first-order valence-corrected chi connectivity index (χ1v) is 9.48. The van der Waals surface area contributed by atoms with Crippen LogP contribution in [0.15, 0.2) is 72.8 Å². The first kappa shape index (κ1) is 22.7. The molecule has 2 rings (SSSR count). The van der Waals surface area contributed by atoms with E-state index in [1.807, 2.05) is 42.5 Å². The van der Waals surface area contributed by atoms with Crippen molar-refractivity contribution in [3.8, 4) is 22.6 Å². The second-order valence-electron chi connectivity index (χ2n) is 6.59. The zero-order valence-electron chi connectivity index (χ0n) is 17.3. The summed E-state index contributed by atoms with van der Waals surface area (Å²) in [6.07, 6.45) is 0. The van der Waals surface area contributed by atoms with Gasteiger partial charge in [0.15, 0.2) is 0 Å². The molecule has 0 saturated carbocycles. The van der Waals surface area contributed by atoms with Gasteiger partial charge >= 0.3 is 11.9 Å². The van der Waals surface area contributed by atoms with Crippen molar-refractivity contribution in [3.05, 3.63) is 72.8 Å². The molecule has 6 heteroatoms. The number of hydrogen-bond acceptors (Lipinski definition) is 6. The summed E-state index contributed by atoms with van der Waals surface area (Å²) in [6.45, 7) is 10.8. The number of carbonyl (C=O) groups is 2. The molecule has 0 N–H and O–H groups in total. The molecule has 0 aliphatic rings. The third kappa shape index (κ3) is 7.47. The summed E-state index contributed by atoms with van der Waals surface area (Å²) in [7, 11) is 0. The van der Waals surface area contributed by atoms with Gasteiger partial charge < -0.3 is 18.9 Å². The lowest BCUT2D eigenvalue weighted by atomic mass is 10.1. The van der Waals surface area contributed by atoms with E-state index in [0.717, 1.165) is 11.1 Å². The molecular weight excluding hydrogens is 384 g/mol. The maximum Gasteiger partial charge on any atom is 0.333 e. The van der Waals surface area contributed by atoms with Crippen LogP contribution in [0, 0.1) is 0 Å². The van der Waals surface area contributed by atoms with E-state index in [1.165, 1.54) is 0 Å². The van der Waals surface area contributed by atoms with Gasteiger partial charge in [-0.15, -0.1) is 0 Å². The Balaban J connectivity index is 2.03. The molecule has 0 saturated heterocycles. The number of rotatable bonds is 11. The number of ether oxygens (including phenoxy) is 4. The first-order chi connectivity index (χ1) is 14.4. The highest BCUT2D eigenvalue weighted by atomic mass is 16.6. The van der Waals surface area contributed by atoms with Gasteiger partial charge in [0.25, 0.3) is 0 Å². The quantitative estimate of drug-likeness (QED) is 0.312. The van der Waals surface area contributed by atoms with Gasteiger partial charge in [-0.2, -0.15) is 0 Å². The van der Waals surface area contributed by atoms with Crippen LogP contribution in [-0.4, -0.2) is 38.4 Å². The number of hydrogen-bond donors (Lipinski definition) is 0. The molecule has 0 heterocycles. The lowest BCUT2D eigenvalue weighted by Crippen LogP contribution is -2.13. The van der Waals surface area contributed by atoms with Crippen molar-refractivity contribution >= 4 is 11.9 Å². The minimum atomic E-state index is -0.454. The largest absolute Gasteiger partial charge is 0.490 e. The maximum atomic E-state index is 11.4. The van der Waals surface area contributed by atoms with Crippen molar-refractivity contribution in [1.29, 1.82) is 0 Å². The standard InChI is InChI=1S/C24H26O6/c1-17(2)23(25)29-12-10-27-21-14-20(19-8-6-5-7-9-19)15-22(16-21)28-11-13-30-24(26)18(3)4/h5-9,14-16H,1,3,10-13H2,2,4H3.